The van der Waals surface area contributed by atoms with Crippen molar-refractivity contribution in [3.8, 4) is 0 Å². The molecule has 0 aromatic heterocycles. The van der Waals surface area contributed by atoms with Gasteiger partial charge in [0.2, 0.25) is 5.91 Å². The van der Waals surface area contributed by atoms with Crippen molar-refractivity contribution in [1.29, 1.82) is 0 Å². The average Bonchev–Trinajstić information content (AvgIpc) is 2.28. The van der Waals surface area contributed by atoms with Crippen molar-refractivity contribution in [2.45, 2.75) is 51.9 Å². The van der Waals surface area contributed by atoms with Crippen molar-refractivity contribution < 1.29 is 14.4 Å². The summed E-state index contributed by atoms with van der Waals surface area (Å²) in [5, 5.41) is 19.6. The van der Waals surface area contributed by atoms with E-state index in [1.54, 1.807) is 4.90 Å². The van der Waals surface area contributed by atoms with E-state index >= 15 is 0 Å². The van der Waals surface area contributed by atoms with Gasteiger partial charge in [0.15, 0.2) is 0 Å². The van der Waals surface area contributed by atoms with Crippen LogP contribution in [-0.2, 0) is 10.8 Å². The van der Waals surface area contributed by atoms with Crippen LogP contribution in [0.1, 0.15) is 46.0 Å². The molecule has 0 amide bonds. The third-order valence-electron chi connectivity index (χ3n) is 3.42. The first-order valence-corrected chi connectivity index (χ1v) is 8.45. The quantitative estimate of drug-likeness (QED) is 0.689. The molecule has 0 aliphatic carbocycles. The Morgan fingerprint density at radius 2 is 2.00 bits per heavy atom. The van der Waals surface area contributed by atoms with Gasteiger partial charge in [-0.05, 0) is 31.6 Å². The van der Waals surface area contributed by atoms with Crippen LogP contribution in [0.25, 0.3) is 0 Å². The van der Waals surface area contributed by atoms with E-state index in [4.69, 9.17) is 0 Å². The molecular weight excluding hydrogens is 250 g/mol. The molecule has 1 atom stereocenters. The number of aliphatic hydroxyl groups is 2. The Labute approximate surface area is 113 Å². The van der Waals surface area contributed by atoms with Gasteiger partial charge >= 0.3 is 0 Å². The van der Waals surface area contributed by atoms with Crippen LogP contribution in [-0.4, -0.2) is 49.8 Å². The van der Waals surface area contributed by atoms with Crippen LogP contribution < -0.4 is 0 Å². The largest absolute Gasteiger partial charge is 0.353 e. The minimum Gasteiger partial charge on any atom is -0.353 e. The summed E-state index contributed by atoms with van der Waals surface area (Å²) in [6, 6.07) is 0. The fourth-order valence-electron chi connectivity index (χ4n) is 2.18. The maximum Gasteiger partial charge on any atom is 0.224 e. The van der Waals surface area contributed by atoms with E-state index in [2.05, 4.69) is 13.8 Å². The highest BCUT2D eigenvalue weighted by Crippen LogP contribution is 2.22. The molecule has 0 saturated carbocycles. The molecule has 1 fully saturated rings. The Kier molecular flexibility index (Phi) is 6.77. The molecule has 4 nitrogen and oxygen atoms in total. The van der Waals surface area contributed by atoms with E-state index < -0.39 is 16.7 Å². The number of hydrogen-bond acceptors (Lipinski definition) is 4. The van der Waals surface area contributed by atoms with Crippen LogP contribution in [0.3, 0.4) is 0 Å². The summed E-state index contributed by atoms with van der Waals surface area (Å²) in [5.74, 6) is 0.386. The number of likely N-dealkylation sites (tertiary alicyclic amines) is 1. The molecule has 1 rings (SSSR count). The first-order valence-electron chi connectivity index (χ1n) is 6.96. The lowest BCUT2D eigenvalue weighted by molar-refractivity contribution is -0.278. The zero-order valence-corrected chi connectivity index (χ0v) is 12.4. The van der Waals surface area contributed by atoms with Crippen molar-refractivity contribution in [3.63, 3.8) is 0 Å². The van der Waals surface area contributed by atoms with Gasteiger partial charge in [-0.15, -0.1) is 0 Å². The molecule has 18 heavy (non-hydrogen) atoms. The lowest BCUT2D eigenvalue weighted by atomic mass is 10.1. The highest BCUT2D eigenvalue weighted by molar-refractivity contribution is 7.84. The number of nitrogens with zero attached hydrogens (tertiary/aromatic N) is 1. The van der Waals surface area contributed by atoms with Gasteiger partial charge in [0.25, 0.3) is 0 Å². The molecule has 1 unspecified atom stereocenters. The molecule has 1 heterocycles. The Bertz CT molecular complexity index is 269. The molecule has 1 saturated heterocycles. The summed E-state index contributed by atoms with van der Waals surface area (Å²) in [4.78, 5) is 1.70. The minimum absolute atomic E-state index is 0.420. The van der Waals surface area contributed by atoms with Gasteiger partial charge in [-0.25, -0.2) is 0 Å². The van der Waals surface area contributed by atoms with Crippen LogP contribution in [0.5, 0.6) is 0 Å². The zero-order chi connectivity index (χ0) is 13.6. The smallest absolute Gasteiger partial charge is 0.224 e. The van der Waals surface area contributed by atoms with Gasteiger partial charge in [-0.1, -0.05) is 13.8 Å². The number of piperidine rings is 1. The van der Waals surface area contributed by atoms with Crippen LogP contribution in [0.15, 0.2) is 0 Å². The van der Waals surface area contributed by atoms with E-state index in [-0.39, 0.29) is 0 Å². The van der Waals surface area contributed by atoms with E-state index in [1.165, 1.54) is 0 Å². The molecule has 0 spiro atoms. The summed E-state index contributed by atoms with van der Waals surface area (Å²) >= 11 is 0. The Morgan fingerprint density at radius 3 is 2.61 bits per heavy atom. The summed E-state index contributed by atoms with van der Waals surface area (Å²) in [5.41, 5.74) is 0. The summed E-state index contributed by atoms with van der Waals surface area (Å²) in [6.45, 7) is 5.62. The van der Waals surface area contributed by atoms with Crippen molar-refractivity contribution >= 4 is 10.8 Å². The topological polar surface area (TPSA) is 60.8 Å². The number of rotatable bonds is 7. The van der Waals surface area contributed by atoms with Crippen molar-refractivity contribution in [1.82, 2.24) is 4.90 Å². The monoisotopic (exact) mass is 277 g/mol. The molecule has 1 aliphatic rings. The van der Waals surface area contributed by atoms with Crippen molar-refractivity contribution in [3.05, 3.63) is 0 Å². The first kappa shape index (κ1) is 16.1. The lowest BCUT2D eigenvalue weighted by Crippen LogP contribution is -2.52. The lowest BCUT2D eigenvalue weighted by Gasteiger charge is -2.38. The van der Waals surface area contributed by atoms with Gasteiger partial charge in [0.1, 0.15) is 0 Å². The second-order valence-corrected chi connectivity index (χ2v) is 7.30. The fourth-order valence-corrected chi connectivity index (χ4v) is 3.57. The molecule has 108 valence electrons. The predicted molar refractivity (Wildman–Crippen MR) is 74.5 cm³/mol. The summed E-state index contributed by atoms with van der Waals surface area (Å²) < 4.78 is 11.7. The first-order chi connectivity index (χ1) is 8.42. The second-order valence-electron chi connectivity index (χ2n) is 5.60. The highest BCUT2D eigenvalue weighted by Gasteiger charge is 2.33. The Hall–Kier alpha value is 0.0300. The normalized spacial score (nSPS) is 22.3. The van der Waals surface area contributed by atoms with Gasteiger partial charge in [0.05, 0.1) is 0 Å². The summed E-state index contributed by atoms with van der Waals surface area (Å²) in [7, 11) is -0.760. The number of hydrogen-bond donors (Lipinski definition) is 2. The van der Waals surface area contributed by atoms with Gasteiger partial charge in [-0.3, -0.25) is 9.11 Å². The Morgan fingerprint density at radius 1 is 1.28 bits per heavy atom. The molecule has 2 N–H and O–H groups in total. The van der Waals surface area contributed by atoms with E-state index in [9.17, 15) is 14.4 Å². The van der Waals surface area contributed by atoms with E-state index in [0.717, 1.165) is 38.0 Å². The Balaban J connectivity index is 2.18. The van der Waals surface area contributed by atoms with Crippen LogP contribution in [0.4, 0.5) is 0 Å². The van der Waals surface area contributed by atoms with E-state index in [0.29, 0.717) is 24.6 Å². The van der Waals surface area contributed by atoms with Crippen LogP contribution in [0.2, 0.25) is 0 Å². The molecular formula is C13H27NO3S. The molecule has 0 radical (unpaired) electrons. The van der Waals surface area contributed by atoms with E-state index in [1.807, 2.05) is 0 Å². The summed E-state index contributed by atoms with van der Waals surface area (Å²) in [6.07, 6.45) is 4.07. The minimum atomic E-state index is -1.64. The molecule has 0 bridgehead atoms. The predicted octanol–water partition coefficient (Wildman–Crippen LogP) is 1.30. The molecule has 5 heteroatoms. The molecule has 0 aromatic carbocycles. The average molecular weight is 277 g/mol. The third-order valence-corrected chi connectivity index (χ3v) is 4.85. The van der Waals surface area contributed by atoms with Crippen molar-refractivity contribution in [2.24, 2.45) is 5.92 Å². The van der Waals surface area contributed by atoms with Gasteiger partial charge in [0, 0.05) is 41.8 Å². The maximum absolute atomic E-state index is 11.7. The zero-order valence-electron chi connectivity index (χ0n) is 11.6. The maximum atomic E-state index is 11.7. The standard InChI is InChI=1S/C13H27NO3S/c1-12(2)6-11-18(17)10-5-9-14-8-4-3-7-13(14,15)16/h12,15-16H,3-11H2,1-2H3. The molecule has 1 aliphatic heterocycles. The second kappa shape index (κ2) is 7.58. The fraction of sp³-hybridized carbons (Fsp3) is 1.00. The van der Waals surface area contributed by atoms with Gasteiger partial charge in [-0.2, -0.15) is 0 Å². The van der Waals surface area contributed by atoms with Crippen molar-refractivity contribution in [2.75, 3.05) is 24.6 Å². The third kappa shape index (κ3) is 5.78. The molecule has 0 aromatic rings. The highest BCUT2D eigenvalue weighted by atomic mass is 32.2. The van der Waals surface area contributed by atoms with Crippen LogP contribution in [0, 0.1) is 5.92 Å². The van der Waals surface area contributed by atoms with Crippen LogP contribution >= 0.6 is 0 Å². The SMILES string of the molecule is CC(C)CCS(=O)CCCN1CCCCC1(O)O. The van der Waals surface area contributed by atoms with Gasteiger partial charge < -0.3 is 10.2 Å².